The number of hydrogen-bond acceptors (Lipinski definition) is 5. The van der Waals surface area contributed by atoms with Gasteiger partial charge in [-0.05, 0) is 40.2 Å². The summed E-state index contributed by atoms with van der Waals surface area (Å²) in [7, 11) is 0. The van der Waals surface area contributed by atoms with Crippen LogP contribution in [0.3, 0.4) is 0 Å². The summed E-state index contributed by atoms with van der Waals surface area (Å²) < 4.78 is 11.1. The molecule has 0 aliphatic rings. The minimum absolute atomic E-state index is 0.147. The molecule has 120 valence electrons. The second-order valence-corrected chi connectivity index (χ2v) is 6.60. The molecule has 0 saturated heterocycles. The summed E-state index contributed by atoms with van der Waals surface area (Å²) in [5.41, 5.74) is 1.91. The highest BCUT2D eigenvalue weighted by atomic mass is 16.5. The zero-order valence-electron chi connectivity index (χ0n) is 14.2. The van der Waals surface area contributed by atoms with Gasteiger partial charge in [-0.1, -0.05) is 13.8 Å². The highest BCUT2D eigenvalue weighted by Crippen LogP contribution is 2.10. The summed E-state index contributed by atoms with van der Waals surface area (Å²) in [5.74, 6) is 0.636. The van der Waals surface area contributed by atoms with Crippen LogP contribution >= 0.6 is 0 Å². The Morgan fingerprint density at radius 3 is 2.52 bits per heavy atom. The predicted octanol–water partition coefficient (Wildman–Crippen LogP) is 2.72. The highest BCUT2D eigenvalue weighted by Gasteiger charge is 2.10. The van der Waals surface area contributed by atoms with Crippen LogP contribution in [0.4, 0.5) is 0 Å². The number of hydrogen-bond donors (Lipinski definition) is 1. The standard InChI is InChI=1S/C16H29N3O2/c1-12(2)9-17-10-14-11-18-15(19-13(14)3)20-7-8-21-16(4,5)6/h11-12,17H,7-10H2,1-6H3. The molecule has 0 atom stereocenters. The van der Waals surface area contributed by atoms with Crippen LogP contribution in [0.5, 0.6) is 6.01 Å². The summed E-state index contributed by atoms with van der Waals surface area (Å²) in [6, 6.07) is 0.414. The van der Waals surface area contributed by atoms with Gasteiger partial charge in [0.1, 0.15) is 6.61 Å². The molecule has 1 aromatic heterocycles. The van der Waals surface area contributed by atoms with Gasteiger partial charge in [0.2, 0.25) is 0 Å². The minimum Gasteiger partial charge on any atom is -0.461 e. The second-order valence-electron chi connectivity index (χ2n) is 6.60. The molecule has 1 rings (SSSR count). The van der Waals surface area contributed by atoms with E-state index in [1.54, 1.807) is 0 Å². The molecule has 0 aliphatic heterocycles. The number of nitrogens with one attached hydrogen (secondary N) is 1. The number of nitrogens with zero attached hydrogens (tertiary/aromatic N) is 2. The van der Waals surface area contributed by atoms with Crippen LogP contribution in [-0.2, 0) is 11.3 Å². The predicted molar refractivity (Wildman–Crippen MR) is 84.5 cm³/mol. The van der Waals surface area contributed by atoms with Gasteiger partial charge in [0.05, 0.1) is 12.2 Å². The minimum atomic E-state index is -0.147. The Balaban J connectivity index is 2.39. The lowest BCUT2D eigenvalue weighted by Gasteiger charge is -2.19. The number of rotatable bonds is 8. The van der Waals surface area contributed by atoms with E-state index < -0.39 is 0 Å². The second kappa shape index (κ2) is 8.29. The number of aromatic nitrogens is 2. The smallest absolute Gasteiger partial charge is 0.316 e. The van der Waals surface area contributed by atoms with E-state index in [4.69, 9.17) is 9.47 Å². The molecule has 5 nitrogen and oxygen atoms in total. The zero-order chi connectivity index (χ0) is 15.9. The van der Waals surface area contributed by atoms with Gasteiger partial charge in [-0.25, -0.2) is 9.97 Å². The van der Waals surface area contributed by atoms with E-state index in [2.05, 4.69) is 29.1 Å². The van der Waals surface area contributed by atoms with Crippen LogP contribution < -0.4 is 10.1 Å². The van der Waals surface area contributed by atoms with E-state index in [0.29, 0.717) is 25.1 Å². The molecular weight excluding hydrogens is 266 g/mol. The van der Waals surface area contributed by atoms with Crippen LogP contribution in [0.1, 0.15) is 45.9 Å². The van der Waals surface area contributed by atoms with Gasteiger partial charge >= 0.3 is 6.01 Å². The van der Waals surface area contributed by atoms with Crippen molar-refractivity contribution in [2.24, 2.45) is 5.92 Å². The van der Waals surface area contributed by atoms with E-state index in [-0.39, 0.29) is 5.60 Å². The Hall–Kier alpha value is -1.20. The topological polar surface area (TPSA) is 56.3 Å². The Bertz CT molecular complexity index is 428. The fourth-order valence-corrected chi connectivity index (χ4v) is 1.69. The van der Waals surface area contributed by atoms with E-state index in [1.165, 1.54) is 0 Å². The molecule has 0 spiro atoms. The Labute approximate surface area is 128 Å². The maximum absolute atomic E-state index is 5.59. The Kier molecular flexibility index (Phi) is 7.05. The lowest BCUT2D eigenvalue weighted by molar-refractivity contribution is -0.0174. The first-order chi connectivity index (χ1) is 9.78. The van der Waals surface area contributed by atoms with Crippen molar-refractivity contribution in [1.82, 2.24) is 15.3 Å². The van der Waals surface area contributed by atoms with Crippen molar-refractivity contribution in [3.63, 3.8) is 0 Å². The first-order valence-corrected chi connectivity index (χ1v) is 7.58. The van der Waals surface area contributed by atoms with Crippen molar-refractivity contribution < 1.29 is 9.47 Å². The molecule has 0 aliphatic carbocycles. The van der Waals surface area contributed by atoms with Gasteiger partial charge in [-0.15, -0.1) is 0 Å². The largest absolute Gasteiger partial charge is 0.461 e. The molecule has 0 fully saturated rings. The third-order valence-electron chi connectivity index (χ3n) is 2.78. The Morgan fingerprint density at radius 1 is 1.24 bits per heavy atom. The van der Waals surface area contributed by atoms with Crippen LogP contribution in [0.15, 0.2) is 6.20 Å². The SMILES string of the molecule is Cc1nc(OCCOC(C)(C)C)ncc1CNCC(C)C. The summed E-state index contributed by atoms with van der Waals surface area (Å²) in [6.07, 6.45) is 1.83. The fraction of sp³-hybridized carbons (Fsp3) is 0.750. The lowest BCUT2D eigenvalue weighted by Crippen LogP contribution is -2.23. The van der Waals surface area contributed by atoms with E-state index >= 15 is 0 Å². The van der Waals surface area contributed by atoms with Crippen molar-refractivity contribution >= 4 is 0 Å². The lowest BCUT2D eigenvalue weighted by atomic mass is 10.2. The van der Waals surface area contributed by atoms with Crippen LogP contribution in [0.25, 0.3) is 0 Å². The summed E-state index contributed by atoms with van der Waals surface area (Å²) in [4.78, 5) is 8.62. The Morgan fingerprint density at radius 2 is 1.95 bits per heavy atom. The molecule has 0 bridgehead atoms. The molecule has 1 N–H and O–H groups in total. The van der Waals surface area contributed by atoms with Crippen molar-refractivity contribution in [3.05, 3.63) is 17.5 Å². The number of ether oxygens (including phenoxy) is 2. The third-order valence-corrected chi connectivity index (χ3v) is 2.78. The van der Waals surface area contributed by atoms with Crippen molar-refractivity contribution in [3.8, 4) is 6.01 Å². The van der Waals surface area contributed by atoms with Crippen LogP contribution in [0.2, 0.25) is 0 Å². The van der Waals surface area contributed by atoms with Crippen LogP contribution in [0, 0.1) is 12.8 Å². The normalized spacial score (nSPS) is 12.0. The van der Waals surface area contributed by atoms with Crippen molar-refractivity contribution in [2.75, 3.05) is 19.8 Å². The van der Waals surface area contributed by atoms with Gasteiger partial charge in [-0.3, -0.25) is 0 Å². The molecular formula is C16H29N3O2. The van der Waals surface area contributed by atoms with Gasteiger partial charge < -0.3 is 14.8 Å². The molecule has 0 unspecified atom stereocenters. The molecule has 0 aromatic carbocycles. The van der Waals surface area contributed by atoms with E-state index in [1.807, 2.05) is 33.9 Å². The molecule has 0 radical (unpaired) electrons. The summed E-state index contributed by atoms with van der Waals surface area (Å²) in [5, 5.41) is 3.39. The van der Waals surface area contributed by atoms with E-state index in [9.17, 15) is 0 Å². The van der Waals surface area contributed by atoms with Gasteiger partial charge in [0.25, 0.3) is 0 Å². The first-order valence-electron chi connectivity index (χ1n) is 7.58. The molecule has 21 heavy (non-hydrogen) atoms. The zero-order valence-corrected chi connectivity index (χ0v) is 14.2. The quantitative estimate of drug-likeness (QED) is 0.747. The van der Waals surface area contributed by atoms with Gasteiger partial charge in [0, 0.05) is 24.0 Å². The number of aryl methyl sites for hydroxylation is 1. The fourth-order valence-electron chi connectivity index (χ4n) is 1.69. The third kappa shape index (κ3) is 7.97. The van der Waals surface area contributed by atoms with E-state index in [0.717, 1.165) is 24.3 Å². The molecule has 0 saturated carbocycles. The van der Waals surface area contributed by atoms with Crippen molar-refractivity contribution in [1.29, 1.82) is 0 Å². The summed E-state index contributed by atoms with van der Waals surface area (Å²) >= 11 is 0. The monoisotopic (exact) mass is 295 g/mol. The molecule has 0 amide bonds. The average Bonchev–Trinajstić information content (AvgIpc) is 2.35. The molecule has 1 heterocycles. The molecule has 1 aromatic rings. The maximum Gasteiger partial charge on any atom is 0.316 e. The molecule has 5 heteroatoms. The summed E-state index contributed by atoms with van der Waals surface area (Å²) in [6.45, 7) is 15.2. The van der Waals surface area contributed by atoms with Crippen LogP contribution in [-0.4, -0.2) is 35.3 Å². The highest BCUT2D eigenvalue weighted by molar-refractivity contribution is 5.17. The maximum atomic E-state index is 5.59. The van der Waals surface area contributed by atoms with Gasteiger partial charge in [-0.2, -0.15) is 0 Å². The first kappa shape index (κ1) is 17.9. The van der Waals surface area contributed by atoms with Crippen molar-refractivity contribution in [2.45, 2.75) is 53.7 Å². The average molecular weight is 295 g/mol. The van der Waals surface area contributed by atoms with Gasteiger partial charge in [0.15, 0.2) is 0 Å².